The Kier molecular flexibility index (Phi) is 7.63. The SMILES string of the molecule is COc1ccccc1C(c1nnnn1CC1CCCO1)N1CCC(C(N)=O)CC1.[Cl-]. The van der Waals surface area contributed by atoms with Crippen LogP contribution < -0.4 is 22.9 Å². The summed E-state index contributed by atoms with van der Waals surface area (Å²) >= 11 is 0. The van der Waals surface area contributed by atoms with Crippen LogP contribution in [-0.2, 0) is 16.1 Å². The number of nitrogens with two attached hydrogens (primary N) is 1. The van der Waals surface area contributed by atoms with E-state index in [1.807, 2.05) is 22.9 Å². The van der Waals surface area contributed by atoms with Crippen molar-refractivity contribution in [3.05, 3.63) is 35.7 Å². The summed E-state index contributed by atoms with van der Waals surface area (Å²) in [6.45, 7) is 2.90. The van der Waals surface area contributed by atoms with Gasteiger partial charge in [0.05, 0.1) is 19.8 Å². The number of para-hydroxylation sites is 1. The molecule has 2 aromatic rings. The molecule has 30 heavy (non-hydrogen) atoms. The quantitative estimate of drug-likeness (QED) is 0.544. The Morgan fingerprint density at radius 1 is 1.30 bits per heavy atom. The fraction of sp³-hybridized carbons (Fsp3) is 0.600. The van der Waals surface area contributed by atoms with Crippen LogP contribution in [0.2, 0.25) is 0 Å². The van der Waals surface area contributed by atoms with Gasteiger partial charge in [0.2, 0.25) is 5.91 Å². The van der Waals surface area contributed by atoms with Crippen LogP contribution in [0, 0.1) is 5.92 Å². The molecule has 0 bridgehead atoms. The number of benzene rings is 1. The van der Waals surface area contributed by atoms with E-state index in [0.717, 1.165) is 62.5 Å². The van der Waals surface area contributed by atoms with Gasteiger partial charge in [0, 0.05) is 18.1 Å². The number of aromatic nitrogens is 4. The molecule has 2 saturated heterocycles. The third-order valence-electron chi connectivity index (χ3n) is 5.94. The molecule has 0 aliphatic carbocycles. The third-order valence-corrected chi connectivity index (χ3v) is 5.94. The molecule has 3 heterocycles. The fourth-order valence-electron chi connectivity index (χ4n) is 4.35. The second-order valence-corrected chi connectivity index (χ2v) is 7.71. The molecule has 9 nitrogen and oxygen atoms in total. The molecule has 0 spiro atoms. The number of nitrogens with zero attached hydrogens (tertiary/aromatic N) is 5. The molecular weight excluding hydrogens is 408 g/mol. The summed E-state index contributed by atoms with van der Waals surface area (Å²) in [6.07, 6.45) is 3.68. The molecule has 2 aliphatic rings. The molecule has 2 atom stereocenters. The van der Waals surface area contributed by atoms with Crippen molar-refractivity contribution in [2.24, 2.45) is 11.7 Å². The predicted octanol–water partition coefficient (Wildman–Crippen LogP) is -1.85. The van der Waals surface area contributed by atoms with Crippen molar-refractivity contribution in [2.45, 2.75) is 44.4 Å². The van der Waals surface area contributed by atoms with Crippen molar-refractivity contribution < 1.29 is 26.7 Å². The van der Waals surface area contributed by atoms with Crippen LogP contribution >= 0.6 is 0 Å². The van der Waals surface area contributed by atoms with Gasteiger partial charge in [-0.15, -0.1) is 5.10 Å². The summed E-state index contributed by atoms with van der Waals surface area (Å²) in [5, 5.41) is 12.6. The molecule has 1 aromatic carbocycles. The monoisotopic (exact) mass is 435 g/mol. The molecule has 4 rings (SSSR count). The van der Waals surface area contributed by atoms with E-state index in [-0.39, 0.29) is 36.4 Å². The highest BCUT2D eigenvalue weighted by Crippen LogP contribution is 2.36. The number of likely N-dealkylation sites (tertiary alicyclic amines) is 1. The Bertz CT molecular complexity index is 833. The number of amides is 1. The first-order valence-corrected chi connectivity index (χ1v) is 10.2. The number of halogens is 1. The van der Waals surface area contributed by atoms with Gasteiger partial charge in [-0.05, 0) is 55.3 Å². The van der Waals surface area contributed by atoms with Crippen LogP contribution in [0.5, 0.6) is 5.75 Å². The molecule has 2 fully saturated rings. The zero-order chi connectivity index (χ0) is 20.2. The maximum absolute atomic E-state index is 11.6. The van der Waals surface area contributed by atoms with E-state index in [9.17, 15) is 4.79 Å². The van der Waals surface area contributed by atoms with E-state index in [1.165, 1.54) is 0 Å². The first-order valence-electron chi connectivity index (χ1n) is 10.2. The molecule has 1 amide bonds. The van der Waals surface area contributed by atoms with Gasteiger partial charge in [0.1, 0.15) is 11.8 Å². The zero-order valence-corrected chi connectivity index (χ0v) is 17.9. The van der Waals surface area contributed by atoms with Gasteiger partial charge >= 0.3 is 0 Å². The number of ether oxygens (including phenoxy) is 2. The Balaban J connectivity index is 0.00000256. The van der Waals surface area contributed by atoms with E-state index in [4.69, 9.17) is 15.2 Å². The lowest BCUT2D eigenvalue weighted by atomic mass is 9.93. The number of hydrogen-bond donors (Lipinski definition) is 1. The average molecular weight is 436 g/mol. The van der Waals surface area contributed by atoms with Crippen LogP contribution in [0.15, 0.2) is 24.3 Å². The number of rotatable bonds is 7. The smallest absolute Gasteiger partial charge is 0.220 e. The van der Waals surface area contributed by atoms with Crippen molar-refractivity contribution in [2.75, 3.05) is 26.8 Å². The lowest BCUT2D eigenvalue weighted by Crippen LogP contribution is -3.00. The van der Waals surface area contributed by atoms with Gasteiger partial charge in [0.25, 0.3) is 0 Å². The Morgan fingerprint density at radius 2 is 2.07 bits per heavy atom. The van der Waals surface area contributed by atoms with Crippen molar-refractivity contribution in [3.8, 4) is 5.75 Å². The van der Waals surface area contributed by atoms with E-state index in [2.05, 4.69) is 26.5 Å². The maximum atomic E-state index is 11.6. The van der Waals surface area contributed by atoms with Crippen LogP contribution in [0.3, 0.4) is 0 Å². The highest BCUT2D eigenvalue weighted by molar-refractivity contribution is 5.76. The van der Waals surface area contributed by atoms with Crippen LogP contribution in [0.25, 0.3) is 0 Å². The second kappa shape index (κ2) is 10.2. The first-order chi connectivity index (χ1) is 14.2. The summed E-state index contributed by atoms with van der Waals surface area (Å²) < 4.78 is 13.3. The number of methoxy groups -OCH3 is 1. The molecule has 164 valence electrons. The molecule has 2 aliphatic heterocycles. The molecular formula is C20H28ClN6O3-. The van der Waals surface area contributed by atoms with Gasteiger partial charge in [0.15, 0.2) is 5.82 Å². The lowest BCUT2D eigenvalue weighted by molar-refractivity contribution is -0.123. The molecule has 2 unspecified atom stereocenters. The van der Waals surface area contributed by atoms with E-state index in [0.29, 0.717) is 6.54 Å². The zero-order valence-electron chi connectivity index (χ0n) is 17.1. The van der Waals surface area contributed by atoms with Gasteiger partial charge in [-0.3, -0.25) is 9.69 Å². The molecule has 0 saturated carbocycles. The van der Waals surface area contributed by atoms with Crippen molar-refractivity contribution in [1.82, 2.24) is 25.1 Å². The Labute approximate surface area is 182 Å². The largest absolute Gasteiger partial charge is 1.00 e. The minimum Gasteiger partial charge on any atom is -1.00 e. The summed E-state index contributed by atoms with van der Waals surface area (Å²) in [5.41, 5.74) is 6.54. The summed E-state index contributed by atoms with van der Waals surface area (Å²) in [5.74, 6) is 1.26. The number of carbonyl (C=O) groups excluding carboxylic acids is 1. The lowest BCUT2D eigenvalue weighted by Gasteiger charge is -2.36. The van der Waals surface area contributed by atoms with E-state index < -0.39 is 0 Å². The molecule has 0 radical (unpaired) electrons. The highest BCUT2D eigenvalue weighted by Gasteiger charge is 2.34. The third kappa shape index (κ3) is 4.74. The highest BCUT2D eigenvalue weighted by atomic mass is 35.5. The topological polar surface area (TPSA) is 108 Å². The standard InChI is InChI=1S/C20H28N6O3.ClH/c1-28-17-7-3-2-6-16(17)18(25-10-8-14(9-11-25)19(21)27)20-22-23-24-26(20)13-15-5-4-12-29-15;/h2-3,6-7,14-15,18H,4-5,8-13H2,1H3,(H2,21,27);1H/p-1. The summed E-state index contributed by atoms with van der Waals surface area (Å²) in [7, 11) is 1.67. The Hall–Kier alpha value is -2.23. The van der Waals surface area contributed by atoms with Crippen molar-refractivity contribution in [3.63, 3.8) is 0 Å². The predicted molar refractivity (Wildman–Crippen MR) is 105 cm³/mol. The van der Waals surface area contributed by atoms with Gasteiger partial charge < -0.3 is 27.6 Å². The summed E-state index contributed by atoms with van der Waals surface area (Å²) in [4.78, 5) is 13.9. The average Bonchev–Trinajstić information content (AvgIpc) is 3.42. The number of tetrazole rings is 1. The van der Waals surface area contributed by atoms with Gasteiger partial charge in [-0.1, -0.05) is 18.2 Å². The summed E-state index contributed by atoms with van der Waals surface area (Å²) in [6, 6.07) is 7.78. The maximum Gasteiger partial charge on any atom is 0.220 e. The number of hydrogen-bond acceptors (Lipinski definition) is 7. The minimum absolute atomic E-state index is 0. The first kappa shape index (κ1) is 22.5. The van der Waals surface area contributed by atoms with Gasteiger partial charge in [-0.2, -0.15) is 0 Å². The normalized spacial score (nSPS) is 21.2. The molecule has 2 N–H and O–H groups in total. The van der Waals surface area contributed by atoms with E-state index >= 15 is 0 Å². The van der Waals surface area contributed by atoms with Crippen molar-refractivity contribution in [1.29, 1.82) is 0 Å². The van der Waals surface area contributed by atoms with Gasteiger partial charge in [-0.25, -0.2) is 4.68 Å². The number of primary amides is 1. The van der Waals surface area contributed by atoms with Crippen molar-refractivity contribution >= 4 is 5.91 Å². The second-order valence-electron chi connectivity index (χ2n) is 7.71. The number of piperidine rings is 1. The fourth-order valence-corrected chi connectivity index (χ4v) is 4.35. The van der Waals surface area contributed by atoms with Crippen LogP contribution in [0.1, 0.15) is 43.1 Å². The van der Waals surface area contributed by atoms with Crippen LogP contribution in [-0.4, -0.2) is 63.9 Å². The van der Waals surface area contributed by atoms with E-state index in [1.54, 1.807) is 7.11 Å². The Morgan fingerprint density at radius 3 is 2.73 bits per heavy atom. The van der Waals surface area contributed by atoms with Crippen LogP contribution in [0.4, 0.5) is 0 Å². The minimum atomic E-state index is -0.221. The molecule has 10 heteroatoms. The molecule has 1 aromatic heterocycles. The number of carbonyl (C=O) groups is 1.